The molecule has 0 aliphatic rings. The minimum atomic E-state index is -0.615. The first-order chi connectivity index (χ1) is 9.95. The summed E-state index contributed by atoms with van der Waals surface area (Å²) in [5.74, 6) is 1.61. The van der Waals surface area contributed by atoms with Gasteiger partial charge in [-0.1, -0.05) is 12.1 Å². The number of phenolic OH excluding ortho intramolecular Hbond substituents is 1. The molecular weight excluding hydrogens is 268 g/mol. The lowest BCUT2D eigenvalue weighted by Gasteiger charge is -2.20. The Balaban J connectivity index is 1.93. The topological polar surface area (TPSA) is 79.7 Å². The monoisotopic (exact) mass is 288 g/mol. The average molecular weight is 288 g/mol. The summed E-state index contributed by atoms with van der Waals surface area (Å²) in [6.07, 6.45) is 0.431. The van der Waals surface area contributed by atoms with E-state index in [9.17, 15) is 9.90 Å². The highest BCUT2D eigenvalue weighted by Crippen LogP contribution is 2.13. The van der Waals surface area contributed by atoms with Crippen molar-refractivity contribution in [3.05, 3.63) is 53.5 Å². The summed E-state index contributed by atoms with van der Waals surface area (Å²) in [6.45, 7) is 2.26. The molecule has 0 aliphatic heterocycles. The number of hydrogen-bond donors (Lipinski definition) is 2. The van der Waals surface area contributed by atoms with Crippen molar-refractivity contribution in [1.29, 1.82) is 0 Å². The number of aromatic hydroxyl groups is 1. The average Bonchev–Trinajstić information content (AvgIpc) is 2.85. The fourth-order valence-electron chi connectivity index (χ4n) is 2.14. The molecule has 1 heterocycles. The van der Waals surface area contributed by atoms with Gasteiger partial charge in [0, 0.05) is 7.05 Å². The maximum Gasteiger partial charge on any atom is 0.239 e. The van der Waals surface area contributed by atoms with Crippen LogP contribution in [0.3, 0.4) is 0 Å². The van der Waals surface area contributed by atoms with Gasteiger partial charge in [0.2, 0.25) is 5.91 Å². The fourth-order valence-corrected chi connectivity index (χ4v) is 2.14. The predicted octanol–water partition coefficient (Wildman–Crippen LogP) is 1.82. The van der Waals surface area contributed by atoms with Crippen LogP contribution in [0, 0.1) is 6.92 Å². The Labute approximate surface area is 124 Å². The Morgan fingerprint density at radius 1 is 1.29 bits per heavy atom. The summed E-state index contributed by atoms with van der Waals surface area (Å²) >= 11 is 0. The van der Waals surface area contributed by atoms with Gasteiger partial charge in [0.15, 0.2) is 0 Å². The van der Waals surface area contributed by atoms with Crippen molar-refractivity contribution >= 4 is 5.91 Å². The molecular formula is C16H20N2O3. The number of rotatable bonds is 5. The molecule has 0 bridgehead atoms. The lowest BCUT2D eigenvalue weighted by Crippen LogP contribution is -2.42. The lowest BCUT2D eigenvalue weighted by molar-refractivity contribution is -0.132. The number of hydrogen-bond acceptors (Lipinski definition) is 4. The number of phenols is 1. The molecule has 0 spiro atoms. The number of benzene rings is 1. The molecule has 0 saturated carbocycles. The molecule has 0 unspecified atom stereocenters. The molecule has 1 aromatic carbocycles. The second-order valence-corrected chi connectivity index (χ2v) is 5.18. The van der Waals surface area contributed by atoms with Crippen molar-refractivity contribution in [2.45, 2.75) is 25.9 Å². The third kappa shape index (κ3) is 4.10. The Morgan fingerprint density at radius 3 is 2.52 bits per heavy atom. The van der Waals surface area contributed by atoms with Crippen LogP contribution < -0.4 is 5.73 Å². The molecule has 2 aromatic rings. The molecule has 112 valence electrons. The minimum absolute atomic E-state index is 0.142. The molecule has 0 fully saturated rings. The fraction of sp³-hybridized carbons (Fsp3) is 0.312. The van der Waals surface area contributed by atoms with Crippen LogP contribution >= 0.6 is 0 Å². The van der Waals surface area contributed by atoms with Crippen LogP contribution in [0.1, 0.15) is 17.1 Å². The van der Waals surface area contributed by atoms with E-state index in [0.717, 1.165) is 17.1 Å². The van der Waals surface area contributed by atoms with Gasteiger partial charge >= 0.3 is 0 Å². The maximum atomic E-state index is 12.2. The number of likely N-dealkylation sites (N-methyl/N-ethyl adjacent to an activating group) is 1. The molecule has 1 aromatic heterocycles. The number of carbonyl (C=O) groups is 1. The van der Waals surface area contributed by atoms with Gasteiger partial charge in [0.25, 0.3) is 0 Å². The second kappa shape index (κ2) is 6.45. The molecule has 0 saturated heterocycles. The van der Waals surface area contributed by atoms with E-state index >= 15 is 0 Å². The summed E-state index contributed by atoms with van der Waals surface area (Å²) in [4.78, 5) is 13.8. The zero-order valence-corrected chi connectivity index (χ0v) is 12.2. The number of amides is 1. The van der Waals surface area contributed by atoms with E-state index in [1.807, 2.05) is 19.1 Å². The second-order valence-electron chi connectivity index (χ2n) is 5.18. The SMILES string of the molecule is Cc1ccc(CN(C)C(=O)[C@H](N)Cc2ccc(O)cc2)o1. The molecule has 3 N–H and O–H groups in total. The van der Waals surface area contributed by atoms with Gasteiger partial charge in [-0.05, 0) is 43.2 Å². The molecule has 5 nitrogen and oxygen atoms in total. The third-order valence-electron chi connectivity index (χ3n) is 3.27. The van der Waals surface area contributed by atoms with Gasteiger partial charge in [0.05, 0.1) is 12.6 Å². The van der Waals surface area contributed by atoms with Gasteiger partial charge < -0.3 is 20.2 Å². The summed E-state index contributed by atoms with van der Waals surface area (Å²) in [5, 5.41) is 9.24. The quantitative estimate of drug-likeness (QED) is 0.879. The minimum Gasteiger partial charge on any atom is -0.508 e. The highest BCUT2D eigenvalue weighted by atomic mass is 16.3. The van der Waals surface area contributed by atoms with Gasteiger partial charge in [-0.3, -0.25) is 4.79 Å². The van der Waals surface area contributed by atoms with Gasteiger partial charge in [-0.25, -0.2) is 0 Å². The van der Waals surface area contributed by atoms with Gasteiger partial charge in [-0.15, -0.1) is 0 Å². The Morgan fingerprint density at radius 2 is 1.95 bits per heavy atom. The first-order valence-corrected chi connectivity index (χ1v) is 6.79. The van der Waals surface area contributed by atoms with Crippen LogP contribution in [0.25, 0.3) is 0 Å². The summed E-state index contributed by atoms with van der Waals surface area (Å²) in [5.41, 5.74) is 6.88. The Bertz CT molecular complexity index is 604. The molecule has 5 heteroatoms. The van der Waals surface area contributed by atoms with E-state index in [4.69, 9.17) is 10.2 Å². The largest absolute Gasteiger partial charge is 0.508 e. The molecule has 1 amide bonds. The molecule has 0 radical (unpaired) electrons. The normalized spacial score (nSPS) is 12.1. The van der Waals surface area contributed by atoms with Gasteiger partial charge in [0.1, 0.15) is 17.3 Å². The van der Waals surface area contributed by atoms with Crippen molar-refractivity contribution < 1.29 is 14.3 Å². The standard InChI is InChI=1S/C16H20N2O3/c1-11-3-8-14(21-11)10-18(2)16(20)15(17)9-12-4-6-13(19)7-5-12/h3-8,15,19H,9-10,17H2,1-2H3/t15-/m1/s1. The number of aryl methyl sites for hydroxylation is 1. The van der Waals surface area contributed by atoms with E-state index in [0.29, 0.717) is 13.0 Å². The first kappa shape index (κ1) is 15.1. The van der Waals surface area contributed by atoms with Crippen LogP contribution in [0.5, 0.6) is 5.75 Å². The highest BCUT2D eigenvalue weighted by Gasteiger charge is 2.19. The van der Waals surface area contributed by atoms with Crippen molar-refractivity contribution in [2.75, 3.05) is 7.05 Å². The Hall–Kier alpha value is -2.27. The van der Waals surface area contributed by atoms with Crippen molar-refractivity contribution in [3.63, 3.8) is 0 Å². The van der Waals surface area contributed by atoms with E-state index in [-0.39, 0.29) is 11.7 Å². The van der Waals surface area contributed by atoms with Crippen molar-refractivity contribution in [2.24, 2.45) is 5.73 Å². The zero-order chi connectivity index (χ0) is 15.4. The third-order valence-corrected chi connectivity index (χ3v) is 3.27. The lowest BCUT2D eigenvalue weighted by atomic mass is 10.1. The van der Waals surface area contributed by atoms with E-state index < -0.39 is 6.04 Å². The number of carbonyl (C=O) groups excluding carboxylic acids is 1. The van der Waals surface area contributed by atoms with Crippen LogP contribution in [0.15, 0.2) is 40.8 Å². The molecule has 0 aliphatic carbocycles. The van der Waals surface area contributed by atoms with Crippen molar-refractivity contribution in [3.8, 4) is 5.75 Å². The van der Waals surface area contributed by atoms with Crippen molar-refractivity contribution in [1.82, 2.24) is 4.90 Å². The van der Waals surface area contributed by atoms with E-state index in [1.165, 1.54) is 0 Å². The molecule has 1 atom stereocenters. The summed E-state index contributed by atoms with van der Waals surface area (Å²) in [7, 11) is 1.71. The van der Waals surface area contributed by atoms with Crippen LogP contribution in [-0.4, -0.2) is 29.0 Å². The number of nitrogens with two attached hydrogens (primary N) is 1. The first-order valence-electron chi connectivity index (χ1n) is 6.79. The smallest absolute Gasteiger partial charge is 0.239 e. The number of furan rings is 1. The van der Waals surface area contributed by atoms with Crippen LogP contribution in [-0.2, 0) is 17.8 Å². The maximum absolute atomic E-state index is 12.2. The van der Waals surface area contributed by atoms with Crippen LogP contribution in [0.2, 0.25) is 0 Å². The predicted molar refractivity (Wildman–Crippen MR) is 79.7 cm³/mol. The Kier molecular flexibility index (Phi) is 4.65. The summed E-state index contributed by atoms with van der Waals surface area (Å²) in [6, 6.07) is 9.80. The highest BCUT2D eigenvalue weighted by molar-refractivity contribution is 5.81. The summed E-state index contributed by atoms with van der Waals surface area (Å²) < 4.78 is 5.45. The zero-order valence-electron chi connectivity index (χ0n) is 12.2. The van der Waals surface area contributed by atoms with E-state index in [2.05, 4.69) is 0 Å². The number of nitrogens with zero attached hydrogens (tertiary/aromatic N) is 1. The van der Waals surface area contributed by atoms with Gasteiger partial charge in [-0.2, -0.15) is 0 Å². The van der Waals surface area contributed by atoms with Crippen LogP contribution in [0.4, 0.5) is 0 Å². The molecule has 2 rings (SSSR count). The van der Waals surface area contributed by atoms with E-state index in [1.54, 1.807) is 36.2 Å². The molecule has 21 heavy (non-hydrogen) atoms.